The van der Waals surface area contributed by atoms with E-state index in [1.165, 1.54) is 32.1 Å². The third kappa shape index (κ3) is 1.90. The van der Waals surface area contributed by atoms with Gasteiger partial charge in [-0.3, -0.25) is 0 Å². The van der Waals surface area contributed by atoms with Crippen molar-refractivity contribution in [3.05, 3.63) is 0 Å². The topological polar surface area (TPSA) is 29.5 Å². The maximum absolute atomic E-state index is 10.7. The van der Waals surface area contributed by atoms with Crippen LogP contribution in [0.4, 0.5) is 0 Å². The van der Waals surface area contributed by atoms with Crippen molar-refractivity contribution in [3.63, 3.8) is 0 Å². The fraction of sp³-hybridized carbons (Fsp3) is 1.00. The summed E-state index contributed by atoms with van der Waals surface area (Å²) in [4.78, 5) is 0. The summed E-state index contributed by atoms with van der Waals surface area (Å²) in [5, 5.41) is 10.7. The SMILES string of the molecule is CCCC[C@H]1[C@@H](O)CC[C@@]2(C)CC[C@@H]3C[C@]12OC3(C)C. The number of fused-ring (bicyclic) bond motifs is 1. The lowest BCUT2D eigenvalue weighted by Crippen LogP contribution is -2.60. The minimum Gasteiger partial charge on any atom is -0.393 e. The summed E-state index contributed by atoms with van der Waals surface area (Å²) < 4.78 is 6.79. The molecule has 2 bridgehead atoms. The number of rotatable bonds is 3. The first-order valence-corrected chi connectivity index (χ1v) is 8.73. The molecule has 0 aromatic heterocycles. The third-order valence-electron chi connectivity index (χ3n) is 6.97. The van der Waals surface area contributed by atoms with Crippen LogP contribution in [0.3, 0.4) is 0 Å². The van der Waals surface area contributed by atoms with Gasteiger partial charge in [0.1, 0.15) is 0 Å². The molecule has 3 aliphatic rings. The zero-order valence-corrected chi connectivity index (χ0v) is 13.7. The fourth-order valence-electron chi connectivity index (χ4n) is 5.57. The molecule has 2 saturated carbocycles. The molecule has 5 atom stereocenters. The fourth-order valence-corrected chi connectivity index (χ4v) is 5.57. The van der Waals surface area contributed by atoms with Gasteiger partial charge in [-0.2, -0.15) is 0 Å². The summed E-state index contributed by atoms with van der Waals surface area (Å²) in [5.74, 6) is 1.04. The van der Waals surface area contributed by atoms with E-state index in [0.717, 1.165) is 19.3 Å². The molecule has 0 aromatic carbocycles. The van der Waals surface area contributed by atoms with Crippen molar-refractivity contribution in [2.24, 2.45) is 17.3 Å². The van der Waals surface area contributed by atoms with Crippen LogP contribution in [0.15, 0.2) is 0 Å². The number of ether oxygens (including phenoxy) is 1. The first-order valence-electron chi connectivity index (χ1n) is 8.73. The molecule has 1 saturated heterocycles. The monoisotopic (exact) mass is 280 g/mol. The van der Waals surface area contributed by atoms with Gasteiger partial charge in [0.05, 0.1) is 17.3 Å². The Morgan fingerprint density at radius 1 is 1.15 bits per heavy atom. The Labute approximate surface area is 124 Å². The minimum absolute atomic E-state index is 0.000710. The molecule has 2 nitrogen and oxygen atoms in total. The van der Waals surface area contributed by atoms with Crippen molar-refractivity contribution in [3.8, 4) is 0 Å². The molecule has 2 aliphatic carbocycles. The molecule has 0 aromatic rings. The molecule has 1 aliphatic heterocycles. The highest BCUT2D eigenvalue weighted by Gasteiger charge is 2.67. The predicted molar refractivity (Wildman–Crippen MR) is 81.6 cm³/mol. The van der Waals surface area contributed by atoms with Crippen molar-refractivity contribution in [1.82, 2.24) is 0 Å². The van der Waals surface area contributed by atoms with Gasteiger partial charge in [0.15, 0.2) is 0 Å². The molecule has 1 N–H and O–H groups in total. The average molecular weight is 280 g/mol. The van der Waals surface area contributed by atoms with E-state index in [2.05, 4.69) is 27.7 Å². The number of hydrogen-bond acceptors (Lipinski definition) is 2. The maximum Gasteiger partial charge on any atom is 0.0799 e. The van der Waals surface area contributed by atoms with Crippen LogP contribution in [0.25, 0.3) is 0 Å². The van der Waals surface area contributed by atoms with Gasteiger partial charge >= 0.3 is 0 Å². The van der Waals surface area contributed by atoms with E-state index in [1.807, 2.05) is 0 Å². The molecular formula is C18H32O2. The Morgan fingerprint density at radius 3 is 2.55 bits per heavy atom. The Bertz CT molecular complexity index is 378. The highest BCUT2D eigenvalue weighted by molar-refractivity contribution is 5.16. The number of aliphatic hydroxyl groups is 1. The Morgan fingerprint density at radius 2 is 1.85 bits per heavy atom. The smallest absolute Gasteiger partial charge is 0.0799 e. The largest absolute Gasteiger partial charge is 0.393 e. The third-order valence-corrected chi connectivity index (χ3v) is 6.97. The standard InChI is InChI=1S/C18H32O2/c1-5-6-7-14-15(19)9-11-17(4)10-8-13-12-18(14,17)20-16(13,2)3/h13-15,19H,5-12H2,1-4H3/t13-,14+,15+,17-,18+/m1/s1. The lowest BCUT2D eigenvalue weighted by Gasteiger charge is -2.57. The summed E-state index contributed by atoms with van der Waals surface area (Å²) in [7, 11) is 0. The first-order chi connectivity index (χ1) is 9.35. The molecule has 116 valence electrons. The zero-order chi connectivity index (χ0) is 14.6. The summed E-state index contributed by atoms with van der Waals surface area (Å²) in [6.07, 6.45) is 9.30. The van der Waals surface area contributed by atoms with Gasteiger partial charge in [0, 0.05) is 5.92 Å². The van der Waals surface area contributed by atoms with E-state index in [4.69, 9.17) is 4.74 Å². The Kier molecular flexibility index (Phi) is 3.49. The number of aliphatic hydroxyl groups excluding tert-OH is 1. The Balaban J connectivity index is 1.97. The first kappa shape index (κ1) is 14.8. The van der Waals surface area contributed by atoms with E-state index < -0.39 is 0 Å². The van der Waals surface area contributed by atoms with Crippen molar-refractivity contribution >= 4 is 0 Å². The normalized spacial score (nSPS) is 50.0. The van der Waals surface area contributed by atoms with Crippen LogP contribution in [-0.2, 0) is 4.74 Å². The van der Waals surface area contributed by atoms with Crippen LogP contribution in [0.2, 0.25) is 0 Å². The lowest BCUT2D eigenvalue weighted by molar-refractivity contribution is -0.223. The van der Waals surface area contributed by atoms with Gasteiger partial charge in [-0.05, 0) is 63.7 Å². The molecule has 2 heteroatoms. The molecule has 1 spiro atoms. The molecule has 3 rings (SSSR count). The lowest BCUT2D eigenvalue weighted by atomic mass is 9.51. The van der Waals surface area contributed by atoms with Crippen LogP contribution >= 0.6 is 0 Å². The molecule has 0 unspecified atom stereocenters. The second-order valence-electron chi connectivity index (χ2n) is 8.45. The van der Waals surface area contributed by atoms with E-state index in [9.17, 15) is 5.11 Å². The van der Waals surface area contributed by atoms with Crippen molar-refractivity contribution in [2.45, 2.75) is 96.4 Å². The van der Waals surface area contributed by atoms with E-state index in [0.29, 0.717) is 11.8 Å². The molecule has 0 radical (unpaired) electrons. The van der Waals surface area contributed by atoms with E-state index in [-0.39, 0.29) is 22.7 Å². The Hall–Kier alpha value is -0.0800. The van der Waals surface area contributed by atoms with Crippen LogP contribution in [0, 0.1) is 17.3 Å². The summed E-state index contributed by atoms with van der Waals surface area (Å²) in [6, 6.07) is 0. The van der Waals surface area contributed by atoms with Crippen LogP contribution < -0.4 is 0 Å². The second kappa shape index (κ2) is 4.71. The summed E-state index contributed by atoms with van der Waals surface area (Å²) in [6.45, 7) is 9.23. The molecule has 20 heavy (non-hydrogen) atoms. The quantitative estimate of drug-likeness (QED) is 0.835. The maximum atomic E-state index is 10.7. The predicted octanol–water partition coefficient (Wildman–Crippen LogP) is 4.30. The highest BCUT2D eigenvalue weighted by Crippen LogP contribution is 2.66. The van der Waals surface area contributed by atoms with Crippen LogP contribution in [-0.4, -0.2) is 22.4 Å². The van der Waals surface area contributed by atoms with Gasteiger partial charge in [-0.15, -0.1) is 0 Å². The molecule has 3 fully saturated rings. The zero-order valence-electron chi connectivity index (χ0n) is 13.7. The van der Waals surface area contributed by atoms with Crippen molar-refractivity contribution in [1.29, 1.82) is 0 Å². The molecule has 1 heterocycles. The number of hydrogen-bond donors (Lipinski definition) is 1. The van der Waals surface area contributed by atoms with Crippen LogP contribution in [0.1, 0.15) is 79.1 Å². The van der Waals surface area contributed by atoms with Crippen molar-refractivity contribution < 1.29 is 9.84 Å². The van der Waals surface area contributed by atoms with Crippen molar-refractivity contribution in [2.75, 3.05) is 0 Å². The summed E-state index contributed by atoms with van der Waals surface area (Å²) >= 11 is 0. The minimum atomic E-state index is -0.151. The van der Waals surface area contributed by atoms with Gasteiger partial charge in [0.25, 0.3) is 0 Å². The van der Waals surface area contributed by atoms with Gasteiger partial charge in [0.2, 0.25) is 0 Å². The molecule has 0 amide bonds. The van der Waals surface area contributed by atoms with Crippen LogP contribution in [0.5, 0.6) is 0 Å². The second-order valence-corrected chi connectivity index (χ2v) is 8.45. The summed E-state index contributed by atoms with van der Waals surface area (Å²) in [5.41, 5.74) is 0.237. The number of unbranched alkanes of at least 4 members (excludes halogenated alkanes) is 1. The highest BCUT2D eigenvalue weighted by atomic mass is 16.5. The van der Waals surface area contributed by atoms with Gasteiger partial charge in [-0.25, -0.2) is 0 Å². The van der Waals surface area contributed by atoms with E-state index >= 15 is 0 Å². The van der Waals surface area contributed by atoms with Gasteiger partial charge < -0.3 is 9.84 Å². The van der Waals surface area contributed by atoms with Gasteiger partial charge in [-0.1, -0.05) is 26.7 Å². The molecular weight excluding hydrogens is 248 g/mol. The van der Waals surface area contributed by atoms with E-state index in [1.54, 1.807) is 0 Å². The average Bonchev–Trinajstić information content (AvgIpc) is 2.61.